The number of aryl methyl sites for hydroxylation is 2. The maximum absolute atomic E-state index is 13.4. The number of carbonyl (C=O) groups is 1. The van der Waals surface area contributed by atoms with Gasteiger partial charge in [-0.1, -0.05) is 29.8 Å². The number of benzene rings is 2. The molecule has 1 fully saturated rings. The maximum Gasteiger partial charge on any atom is 0.410 e. The van der Waals surface area contributed by atoms with Gasteiger partial charge in [0.2, 0.25) is 9.84 Å². The summed E-state index contributed by atoms with van der Waals surface area (Å²) in [7, 11) is -3.67. The van der Waals surface area contributed by atoms with Crippen LogP contribution in [0, 0.1) is 13.8 Å². The van der Waals surface area contributed by atoms with Crippen molar-refractivity contribution in [2.75, 3.05) is 31.1 Å². The second-order valence-electron chi connectivity index (χ2n) is 8.69. The molecule has 1 saturated heterocycles. The van der Waals surface area contributed by atoms with Gasteiger partial charge in [0.25, 0.3) is 0 Å². The van der Waals surface area contributed by atoms with Crippen LogP contribution in [-0.2, 0) is 14.6 Å². The van der Waals surface area contributed by atoms with Gasteiger partial charge in [-0.25, -0.2) is 13.2 Å². The van der Waals surface area contributed by atoms with Crippen molar-refractivity contribution in [3.63, 3.8) is 0 Å². The highest BCUT2D eigenvalue weighted by molar-refractivity contribution is 7.91. The van der Waals surface area contributed by atoms with Crippen LogP contribution in [-0.4, -0.2) is 51.2 Å². The molecule has 1 amide bonds. The van der Waals surface area contributed by atoms with Crippen molar-refractivity contribution in [2.24, 2.45) is 0 Å². The summed E-state index contributed by atoms with van der Waals surface area (Å²) >= 11 is 0. The normalized spacial score (nSPS) is 15.2. The minimum Gasteiger partial charge on any atom is -0.444 e. The van der Waals surface area contributed by atoms with E-state index in [1.54, 1.807) is 23.1 Å². The number of para-hydroxylation sites is 1. The number of carbonyl (C=O) groups excluding carboxylic acids is 1. The fraction of sp³-hybridized carbons (Fsp3) is 0.435. The number of anilines is 1. The molecule has 1 heterocycles. The average molecular weight is 431 g/mol. The molecular formula is C23H30N2O4S. The van der Waals surface area contributed by atoms with E-state index in [9.17, 15) is 13.2 Å². The largest absolute Gasteiger partial charge is 0.444 e. The van der Waals surface area contributed by atoms with E-state index in [2.05, 4.69) is 0 Å². The fourth-order valence-electron chi connectivity index (χ4n) is 3.62. The van der Waals surface area contributed by atoms with Crippen LogP contribution in [0.3, 0.4) is 0 Å². The van der Waals surface area contributed by atoms with Crippen molar-refractivity contribution >= 4 is 21.6 Å². The number of hydrogen-bond donors (Lipinski definition) is 0. The molecule has 0 unspecified atom stereocenters. The molecule has 3 rings (SSSR count). The molecule has 0 radical (unpaired) electrons. The van der Waals surface area contributed by atoms with Crippen LogP contribution >= 0.6 is 0 Å². The van der Waals surface area contributed by atoms with E-state index < -0.39 is 15.4 Å². The summed E-state index contributed by atoms with van der Waals surface area (Å²) in [5.74, 6) is 0. The smallest absolute Gasteiger partial charge is 0.410 e. The number of amides is 1. The molecule has 0 aliphatic carbocycles. The van der Waals surface area contributed by atoms with Gasteiger partial charge in [-0.05, 0) is 58.4 Å². The van der Waals surface area contributed by atoms with Gasteiger partial charge >= 0.3 is 6.09 Å². The number of ether oxygens (including phenoxy) is 1. The Bertz CT molecular complexity index is 1030. The van der Waals surface area contributed by atoms with Gasteiger partial charge in [0.15, 0.2) is 0 Å². The standard InChI is InChI=1S/C23H30N2O4S/c1-17-10-11-20(18(2)16-17)30(27,28)21-9-7-6-8-19(21)24-12-14-25(15-13-24)22(26)29-23(3,4)5/h6-11,16H,12-15H2,1-5H3. The topological polar surface area (TPSA) is 66.9 Å². The zero-order valence-corrected chi connectivity index (χ0v) is 19.1. The monoisotopic (exact) mass is 430 g/mol. The van der Waals surface area contributed by atoms with E-state index in [1.165, 1.54) is 0 Å². The molecule has 0 spiro atoms. The molecule has 1 aliphatic heterocycles. The molecule has 162 valence electrons. The lowest BCUT2D eigenvalue weighted by atomic mass is 10.2. The van der Waals surface area contributed by atoms with E-state index in [1.807, 2.05) is 63.8 Å². The molecule has 2 aromatic carbocycles. The first-order valence-electron chi connectivity index (χ1n) is 10.1. The predicted octanol–water partition coefficient (Wildman–Crippen LogP) is 4.19. The van der Waals surface area contributed by atoms with Gasteiger partial charge in [0.05, 0.1) is 15.5 Å². The highest BCUT2D eigenvalue weighted by atomic mass is 32.2. The van der Waals surface area contributed by atoms with Crippen LogP contribution in [0.1, 0.15) is 31.9 Å². The predicted molar refractivity (Wildman–Crippen MR) is 118 cm³/mol. The van der Waals surface area contributed by atoms with Crippen LogP contribution in [0.4, 0.5) is 10.5 Å². The quantitative estimate of drug-likeness (QED) is 0.730. The number of rotatable bonds is 3. The Morgan fingerprint density at radius 2 is 1.57 bits per heavy atom. The SMILES string of the molecule is Cc1ccc(S(=O)(=O)c2ccccc2N2CCN(C(=O)OC(C)(C)C)CC2)c(C)c1. The van der Waals surface area contributed by atoms with E-state index in [0.717, 1.165) is 11.1 Å². The summed E-state index contributed by atoms with van der Waals surface area (Å²) in [6.45, 7) is 11.3. The number of hydrogen-bond acceptors (Lipinski definition) is 5. The highest BCUT2D eigenvalue weighted by Crippen LogP contribution is 2.32. The van der Waals surface area contributed by atoms with E-state index in [0.29, 0.717) is 41.7 Å². The first-order valence-corrected chi connectivity index (χ1v) is 11.6. The third kappa shape index (κ3) is 4.78. The van der Waals surface area contributed by atoms with Crippen molar-refractivity contribution in [2.45, 2.75) is 50.0 Å². The van der Waals surface area contributed by atoms with Crippen LogP contribution < -0.4 is 4.90 Å². The molecule has 0 bridgehead atoms. The second kappa shape index (κ2) is 8.30. The molecule has 1 aliphatic rings. The first kappa shape index (κ1) is 22.2. The molecule has 7 heteroatoms. The summed E-state index contributed by atoms with van der Waals surface area (Å²) in [4.78, 5) is 16.6. The highest BCUT2D eigenvalue weighted by Gasteiger charge is 2.29. The fourth-order valence-corrected chi connectivity index (χ4v) is 5.32. The third-order valence-electron chi connectivity index (χ3n) is 5.05. The second-order valence-corrected chi connectivity index (χ2v) is 10.6. The molecule has 0 saturated carbocycles. The lowest BCUT2D eigenvalue weighted by molar-refractivity contribution is 0.0240. The zero-order chi connectivity index (χ0) is 22.1. The number of piperazine rings is 1. The van der Waals surface area contributed by atoms with E-state index in [-0.39, 0.29) is 6.09 Å². The van der Waals surface area contributed by atoms with Crippen LogP contribution in [0.5, 0.6) is 0 Å². The minimum absolute atomic E-state index is 0.294. The summed E-state index contributed by atoms with van der Waals surface area (Å²) in [6.07, 6.45) is -0.335. The van der Waals surface area contributed by atoms with E-state index in [4.69, 9.17) is 4.74 Å². The summed E-state index contributed by atoms with van der Waals surface area (Å²) in [5.41, 5.74) is 1.89. The van der Waals surface area contributed by atoms with Crippen molar-refractivity contribution in [3.05, 3.63) is 53.6 Å². The van der Waals surface area contributed by atoms with Crippen molar-refractivity contribution in [1.29, 1.82) is 0 Å². The minimum atomic E-state index is -3.67. The van der Waals surface area contributed by atoms with Crippen molar-refractivity contribution < 1.29 is 17.9 Å². The lowest BCUT2D eigenvalue weighted by Crippen LogP contribution is -2.50. The van der Waals surface area contributed by atoms with Crippen molar-refractivity contribution in [1.82, 2.24) is 4.90 Å². The van der Waals surface area contributed by atoms with Gasteiger partial charge in [0.1, 0.15) is 5.60 Å². The van der Waals surface area contributed by atoms with Gasteiger partial charge in [0, 0.05) is 26.2 Å². The van der Waals surface area contributed by atoms with Gasteiger partial charge < -0.3 is 14.5 Å². The number of sulfone groups is 1. The molecule has 0 atom stereocenters. The first-order chi connectivity index (χ1) is 14.0. The summed E-state index contributed by atoms with van der Waals surface area (Å²) < 4.78 is 32.3. The molecular weight excluding hydrogens is 400 g/mol. The average Bonchev–Trinajstić information content (AvgIpc) is 2.66. The molecule has 30 heavy (non-hydrogen) atoms. The Labute approximate surface area is 179 Å². The van der Waals surface area contributed by atoms with Crippen LogP contribution in [0.15, 0.2) is 52.3 Å². The Balaban J connectivity index is 1.84. The summed E-state index contributed by atoms with van der Waals surface area (Å²) in [6, 6.07) is 12.5. The Morgan fingerprint density at radius 1 is 0.933 bits per heavy atom. The lowest BCUT2D eigenvalue weighted by Gasteiger charge is -2.37. The van der Waals surface area contributed by atoms with Crippen LogP contribution in [0.25, 0.3) is 0 Å². The van der Waals surface area contributed by atoms with Gasteiger partial charge in [-0.15, -0.1) is 0 Å². The third-order valence-corrected chi connectivity index (χ3v) is 7.01. The van der Waals surface area contributed by atoms with Crippen molar-refractivity contribution in [3.8, 4) is 0 Å². The molecule has 6 nitrogen and oxygen atoms in total. The van der Waals surface area contributed by atoms with Gasteiger partial charge in [-0.2, -0.15) is 0 Å². The maximum atomic E-state index is 13.4. The number of nitrogens with zero attached hydrogens (tertiary/aromatic N) is 2. The Hall–Kier alpha value is -2.54. The zero-order valence-electron chi connectivity index (χ0n) is 18.3. The Kier molecular flexibility index (Phi) is 6.13. The van der Waals surface area contributed by atoms with Gasteiger partial charge in [-0.3, -0.25) is 0 Å². The molecule has 2 aromatic rings. The van der Waals surface area contributed by atoms with Crippen LogP contribution in [0.2, 0.25) is 0 Å². The van der Waals surface area contributed by atoms with E-state index >= 15 is 0 Å². The summed E-state index contributed by atoms with van der Waals surface area (Å²) in [5, 5.41) is 0. The molecule has 0 N–H and O–H groups in total. The molecule has 0 aromatic heterocycles. The Morgan fingerprint density at radius 3 is 2.17 bits per heavy atom.